The van der Waals surface area contributed by atoms with Gasteiger partial charge in [0, 0.05) is 22.3 Å². The minimum atomic E-state index is -0.834. The lowest BCUT2D eigenvalue weighted by Crippen LogP contribution is -2.59. The van der Waals surface area contributed by atoms with Crippen LogP contribution in [0.5, 0.6) is 0 Å². The molecule has 0 aromatic heterocycles. The molecule has 1 spiro atoms. The molecule has 9 heteroatoms. The number of aliphatic hydroxyl groups excluding tert-OH is 1. The van der Waals surface area contributed by atoms with Gasteiger partial charge in [-0.25, -0.2) is 0 Å². The highest BCUT2D eigenvalue weighted by molar-refractivity contribution is 9.09. The van der Waals surface area contributed by atoms with E-state index in [1.54, 1.807) is 34.6 Å². The average molecular weight is 608 g/mol. The van der Waals surface area contributed by atoms with Crippen LogP contribution in [0.3, 0.4) is 0 Å². The number of hydrogen-bond donors (Lipinski definition) is 1. The van der Waals surface area contributed by atoms with Crippen molar-refractivity contribution in [2.45, 2.75) is 74.4 Å². The van der Waals surface area contributed by atoms with E-state index in [1.165, 1.54) is 0 Å². The van der Waals surface area contributed by atoms with E-state index in [9.17, 15) is 19.5 Å². The van der Waals surface area contributed by atoms with Crippen LogP contribution in [0.1, 0.15) is 44.7 Å². The van der Waals surface area contributed by atoms with Gasteiger partial charge in [0.05, 0.1) is 35.8 Å². The molecule has 1 aromatic carbocycles. The quantitative estimate of drug-likeness (QED) is 0.243. The molecule has 3 aliphatic rings. The van der Waals surface area contributed by atoms with Crippen molar-refractivity contribution >= 4 is 51.2 Å². The van der Waals surface area contributed by atoms with Gasteiger partial charge in [-0.05, 0) is 44.2 Å². The number of rotatable bonds is 10. The molecule has 0 radical (unpaired) electrons. The number of esters is 1. The summed E-state index contributed by atoms with van der Waals surface area (Å²) in [5, 5.41) is 10.4. The molecular weight excluding hydrogens is 568 g/mol. The molecule has 2 amide bonds. The van der Waals surface area contributed by atoms with E-state index in [-0.39, 0.29) is 53.5 Å². The number of carbonyl (C=O) groups is 3. The molecular formula is C29H39BrN2O5S. The van der Waals surface area contributed by atoms with Gasteiger partial charge in [0.2, 0.25) is 5.91 Å². The lowest BCUT2D eigenvalue weighted by atomic mass is 9.71. The predicted molar refractivity (Wildman–Crippen MR) is 154 cm³/mol. The number of aliphatic hydroxyl groups is 1. The highest BCUT2D eigenvalue weighted by Gasteiger charge is 2.77. The topological polar surface area (TPSA) is 87.2 Å². The van der Waals surface area contributed by atoms with Crippen LogP contribution in [-0.2, 0) is 19.1 Å². The summed E-state index contributed by atoms with van der Waals surface area (Å²) in [6.45, 7) is 13.9. The normalized spacial score (nSPS) is 31.2. The van der Waals surface area contributed by atoms with E-state index >= 15 is 0 Å². The summed E-state index contributed by atoms with van der Waals surface area (Å²) in [4.78, 5) is 45.8. The molecule has 38 heavy (non-hydrogen) atoms. The Labute approximate surface area is 238 Å². The van der Waals surface area contributed by atoms with Gasteiger partial charge < -0.3 is 19.6 Å². The van der Waals surface area contributed by atoms with Gasteiger partial charge in [-0.1, -0.05) is 60.5 Å². The lowest BCUT2D eigenvalue weighted by Gasteiger charge is -2.41. The van der Waals surface area contributed by atoms with Crippen molar-refractivity contribution in [3.63, 3.8) is 0 Å². The number of likely N-dealkylation sites (tertiary alicyclic amines) is 1. The number of carbonyl (C=O) groups excluding carboxylic acids is 3. The third kappa shape index (κ3) is 4.42. The second-order valence-electron chi connectivity index (χ2n) is 10.8. The molecule has 0 saturated carbocycles. The number of halogens is 1. The zero-order valence-electron chi connectivity index (χ0n) is 22.9. The molecule has 3 fully saturated rings. The van der Waals surface area contributed by atoms with Crippen molar-refractivity contribution in [3.05, 3.63) is 42.0 Å². The summed E-state index contributed by atoms with van der Waals surface area (Å²) < 4.78 is 4.65. The Kier molecular flexibility index (Phi) is 8.70. The monoisotopic (exact) mass is 606 g/mol. The number of anilines is 1. The standard InChI is InChI=1S/C29H39BrN2O5S/c1-7-13-31(23-17(5)11-10-12-18(23)6)27(35)25-29-14-19(30)24(38-29)21(28(36)37-9-3)22(29)26(34)32(25)20(15-33)16(4)8-2/h7,10-12,16,19-22,24-25,33H,1,8-9,13-15H2,2-6H3/t16-,19?,20-,21-,22-,24-,25?,29?/m0/s1. The average Bonchev–Trinajstić information content (AvgIpc) is 3.47. The first-order valence-electron chi connectivity index (χ1n) is 13.5. The van der Waals surface area contributed by atoms with Crippen molar-refractivity contribution in [3.8, 4) is 0 Å². The van der Waals surface area contributed by atoms with Crippen LogP contribution in [-0.4, -0.2) is 74.5 Å². The van der Waals surface area contributed by atoms with Crippen LogP contribution < -0.4 is 4.90 Å². The second kappa shape index (κ2) is 11.3. The van der Waals surface area contributed by atoms with Gasteiger partial charge in [-0.15, -0.1) is 18.3 Å². The first-order chi connectivity index (χ1) is 18.1. The highest BCUT2D eigenvalue weighted by atomic mass is 79.9. The SMILES string of the molecule is C=CCN(C(=O)C1N([C@@H](CO)[C@@H](C)CC)C(=O)[C@@H]2[C@H](C(=O)OCC)[C@H]3SC12CC3Br)c1c(C)cccc1C. The van der Waals surface area contributed by atoms with Gasteiger partial charge in [-0.3, -0.25) is 14.4 Å². The van der Waals surface area contributed by atoms with Crippen LogP contribution in [0.25, 0.3) is 0 Å². The fourth-order valence-corrected chi connectivity index (χ4v) is 10.4. The molecule has 0 aliphatic carbocycles. The smallest absolute Gasteiger partial charge is 0.310 e. The second-order valence-corrected chi connectivity index (χ2v) is 13.5. The predicted octanol–water partition coefficient (Wildman–Crippen LogP) is 4.26. The van der Waals surface area contributed by atoms with Gasteiger partial charge in [0.25, 0.3) is 5.91 Å². The molecule has 1 aromatic rings. The van der Waals surface area contributed by atoms with Crippen molar-refractivity contribution in [2.75, 3.05) is 24.7 Å². The van der Waals surface area contributed by atoms with Crippen molar-refractivity contribution in [1.82, 2.24) is 4.90 Å². The highest BCUT2D eigenvalue weighted by Crippen LogP contribution is 2.68. The minimum absolute atomic E-state index is 0.0365. The van der Waals surface area contributed by atoms with E-state index in [0.717, 1.165) is 23.2 Å². The molecule has 208 valence electrons. The van der Waals surface area contributed by atoms with E-state index in [1.807, 2.05) is 45.9 Å². The molecule has 2 bridgehead atoms. The fourth-order valence-electron chi connectivity index (χ4n) is 6.83. The zero-order chi connectivity index (χ0) is 27.9. The Morgan fingerprint density at radius 3 is 2.55 bits per heavy atom. The summed E-state index contributed by atoms with van der Waals surface area (Å²) in [5.74, 6) is -2.17. The number of alkyl halides is 1. The maximum atomic E-state index is 14.8. The zero-order valence-corrected chi connectivity index (χ0v) is 25.3. The number of para-hydroxylation sites is 1. The van der Waals surface area contributed by atoms with E-state index in [2.05, 4.69) is 22.5 Å². The molecule has 3 saturated heterocycles. The van der Waals surface area contributed by atoms with E-state index in [0.29, 0.717) is 6.42 Å². The molecule has 3 heterocycles. The van der Waals surface area contributed by atoms with Gasteiger partial charge >= 0.3 is 5.97 Å². The Morgan fingerprint density at radius 1 is 1.34 bits per heavy atom. The number of fused-ring (bicyclic) bond motifs is 1. The number of aryl methyl sites for hydroxylation is 2. The van der Waals surface area contributed by atoms with Crippen molar-refractivity contribution < 1.29 is 24.2 Å². The molecule has 1 N–H and O–H groups in total. The maximum absolute atomic E-state index is 14.8. The molecule has 3 aliphatic heterocycles. The maximum Gasteiger partial charge on any atom is 0.310 e. The van der Waals surface area contributed by atoms with Crippen LogP contribution in [0.2, 0.25) is 0 Å². The van der Waals surface area contributed by atoms with Gasteiger partial charge in [0.1, 0.15) is 6.04 Å². The Bertz CT molecular complexity index is 1090. The molecule has 3 unspecified atom stereocenters. The fraction of sp³-hybridized carbons (Fsp3) is 0.621. The van der Waals surface area contributed by atoms with E-state index < -0.39 is 28.7 Å². The molecule has 4 rings (SSSR count). The first kappa shape index (κ1) is 29.2. The number of benzene rings is 1. The Hall–Kier alpha value is -1.84. The summed E-state index contributed by atoms with van der Waals surface area (Å²) in [7, 11) is 0. The van der Waals surface area contributed by atoms with E-state index in [4.69, 9.17) is 4.74 Å². The number of ether oxygens (including phenoxy) is 1. The minimum Gasteiger partial charge on any atom is -0.466 e. The van der Waals surface area contributed by atoms with Gasteiger partial charge in [-0.2, -0.15) is 0 Å². The third-order valence-electron chi connectivity index (χ3n) is 8.65. The molecule has 8 atom stereocenters. The van der Waals surface area contributed by atoms with Gasteiger partial charge in [0.15, 0.2) is 0 Å². The summed E-state index contributed by atoms with van der Waals surface area (Å²) in [5.41, 5.74) is 2.72. The first-order valence-corrected chi connectivity index (χ1v) is 15.3. The Morgan fingerprint density at radius 2 is 2.00 bits per heavy atom. The number of thioether (sulfide) groups is 1. The van der Waals surface area contributed by atoms with Crippen LogP contribution in [0.4, 0.5) is 5.69 Å². The largest absolute Gasteiger partial charge is 0.466 e. The third-order valence-corrected chi connectivity index (χ3v) is 11.9. The van der Waals surface area contributed by atoms with Crippen molar-refractivity contribution in [1.29, 1.82) is 0 Å². The van der Waals surface area contributed by atoms with Crippen LogP contribution in [0.15, 0.2) is 30.9 Å². The van der Waals surface area contributed by atoms with Crippen molar-refractivity contribution in [2.24, 2.45) is 17.8 Å². The summed E-state index contributed by atoms with van der Waals surface area (Å²) >= 11 is 5.37. The van der Waals surface area contributed by atoms with Crippen LogP contribution >= 0.6 is 27.7 Å². The number of amides is 2. The summed E-state index contributed by atoms with van der Waals surface area (Å²) in [6, 6.07) is 4.53. The number of nitrogens with zero attached hydrogens (tertiary/aromatic N) is 2. The van der Waals surface area contributed by atoms with Crippen LogP contribution in [0, 0.1) is 31.6 Å². The molecule has 7 nitrogen and oxygen atoms in total. The summed E-state index contributed by atoms with van der Waals surface area (Å²) in [6.07, 6.45) is 3.01. The Balaban J connectivity index is 1.90. The lowest BCUT2D eigenvalue weighted by molar-refractivity contribution is -0.154. The number of hydrogen-bond acceptors (Lipinski definition) is 6.